The van der Waals surface area contributed by atoms with Gasteiger partial charge in [0.05, 0.1) is 6.61 Å². The maximum atomic E-state index is 8.69. The zero-order valence-electron chi connectivity index (χ0n) is 11.0. The maximum Gasteiger partial charge on any atom is 0.0540 e. The van der Waals surface area contributed by atoms with Gasteiger partial charge in [-0.25, -0.2) is 0 Å². The van der Waals surface area contributed by atoms with Gasteiger partial charge < -0.3 is 5.11 Å². The van der Waals surface area contributed by atoms with Crippen molar-refractivity contribution in [3.05, 3.63) is 21.9 Å². The molecule has 0 saturated heterocycles. The number of nitrogens with zero attached hydrogens (tertiary/aromatic N) is 1. The van der Waals surface area contributed by atoms with E-state index in [1.807, 2.05) is 0 Å². The first-order valence-electron chi connectivity index (χ1n) is 6.74. The fourth-order valence-corrected chi connectivity index (χ4v) is 2.91. The van der Waals surface area contributed by atoms with Crippen LogP contribution in [0.2, 0.25) is 0 Å². The predicted octanol–water partition coefficient (Wildman–Crippen LogP) is 2.86. The van der Waals surface area contributed by atoms with Gasteiger partial charge in [-0.2, -0.15) is 0 Å². The van der Waals surface area contributed by atoms with Gasteiger partial charge in [-0.15, -0.1) is 11.3 Å². The van der Waals surface area contributed by atoms with Crippen LogP contribution in [0.4, 0.5) is 0 Å². The highest BCUT2D eigenvalue weighted by molar-refractivity contribution is 7.10. The lowest BCUT2D eigenvalue weighted by Gasteiger charge is -2.19. The molecule has 0 amide bonds. The minimum atomic E-state index is 0.149. The smallest absolute Gasteiger partial charge is 0.0540 e. The molecular formula is C15H21NOS. The van der Waals surface area contributed by atoms with Gasteiger partial charge in [0, 0.05) is 34.8 Å². The normalized spacial score (nSPS) is 14.6. The number of hydrogen-bond acceptors (Lipinski definition) is 3. The Bertz CT molecular complexity index is 425. The van der Waals surface area contributed by atoms with E-state index >= 15 is 0 Å². The minimum Gasteiger partial charge on any atom is -0.395 e. The number of aliphatic hydroxyl groups excluding tert-OH is 1. The molecule has 1 aromatic rings. The van der Waals surface area contributed by atoms with Gasteiger partial charge in [0.15, 0.2) is 0 Å². The molecule has 2 nitrogen and oxygen atoms in total. The first-order chi connectivity index (χ1) is 8.83. The fourth-order valence-electron chi connectivity index (χ4n) is 2.07. The summed E-state index contributed by atoms with van der Waals surface area (Å²) in [6, 6.07) is 3.02. The predicted molar refractivity (Wildman–Crippen MR) is 76.6 cm³/mol. The summed E-state index contributed by atoms with van der Waals surface area (Å²) < 4.78 is 0. The molecule has 98 valence electrons. The van der Waals surface area contributed by atoms with Gasteiger partial charge in [-0.1, -0.05) is 18.8 Å². The minimum absolute atomic E-state index is 0.149. The quantitative estimate of drug-likeness (QED) is 0.798. The molecule has 0 atom stereocenters. The average molecular weight is 263 g/mol. The van der Waals surface area contributed by atoms with E-state index in [4.69, 9.17) is 5.11 Å². The first kappa shape index (κ1) is 13.6. The maximum absolute atomic E-state index is 8.69. The lowest BCUT2D eigenvalue weighted by molar-refractivity contribution is 0.257. The summed E-state index contributed by atoms with van der Waals surface area (Å²) >= 11 is 1.80. The molecule has 1 saturated carbocycles. The highest BCUT2D eigenvalue weighted by Crippen LogP contribution is 2.29. The zero-order chi connectivity index (χ0) is 12.8. The average Bonchev–Trinajstić information content (AvgIpc) is 3.12. The Labute approximate surface area is 114 Å². The largest absolute Gasteiger partial charge is 0.395 e. The van der Waals surface area contributed by atoms with Crippen LogP contribution in [0, 0.1) is 11.8 Å². The van der Waals surface area contributed by atoms with Crippen LogP contribution in [0.3, 0.4) is 0 Å². The second-order valence-corrected chi connectivity index (χ2v) is 5.77. The van der Waals surface area contributed by atoms with Crippen LogP contribution in [0.25, 0.3) is 0 Å². The summed E-state index contributed by atoms with van der Waals surface area (Å²) in [6.07, 6.45) is 4.53. The van der Waals surface area contributed by atoms with Gasteiger partial charge in [0.25, 0.3) is 0 Å². The SMILES string of the molecule is CCCN(Cc1cc(C#CCCO)cs1)C1CC1. The van der Waals surface area contributed by atoms with Crippen LogP contribution >= 0.6 is 11.3 Å². The Balaban J connectivity index is 1.91. The van der Waals surface area contributed by atoms with Crippen molar-refractivity contribution in [1.29, 1.82) is 0 Å². The van der Waals surface area contributed by atoms with E-state index in [0.717, 1.165) is 18.2 Å². The zero-order valence-corrected chi connectivity index (χ0v) is 11.8. The molecule has 1 fully saturated rings. The van der Waals surface area contributed by atoms with E-state index in [-0.39, 0.29) is 6.61 Å². The molecule has 0 aliphatic heterocycles. The molecule has 1 heterocycles. The van der Waals surface area contributed by atoms with Crippen molar-refractivity contribution in [3.63, 3.8) is 0 Å². The van der Waals surface area contributed by atoms with E-state index < -0.39 is 0 Å². The fraction of sp³-hybridized carbons (Fsp3) is 0.600. The molecule has 0 aromatic carbocycles. The lowest BCUT2D eigenvalue weighted by Crippen LogP contribution is -2.25. The van der Waals surface area contributed by atoms with Crippen molar-refractivity contribution in [2.75, 3.05) is 13.2 Å². The van der Waals surface area contributed by atoms with Crippen LogP contribution in [-0.4, -0.2) is 29.2 Å². The third kappa shape index (κ3) is 4.13. The second-order valence-electron chi connectivity index (χ2n) is 4.78. The molecule has 1 N–H and O–H groups in total. The molecule has 0 spiro atoms. The molecule has 1 aliphatic rings. The molecule has 1 aliphatic carbocycles. The molecule has 0 unspecified atom stereocenters. The summed E-state index contributed by atoms with van der Waals surface area (Å²) in [5.41, 5.74) is 1.09. The Morgan fingerprint density at radius 3 is 3.00 bits per heavy atom. The van der Waals surface area contributed by atoms with E-state index in [1.165, 1.54) is 30.7 Å². The van der Waals surface area contributed by atoms with Crippen molar-refractivity contribution in [3.8, 4) is 11.8 Å². The summed E-state index contributed by atoms with van der Waals surface area (Å²) in [5.74, 6) is 6.07. The summed E-state index contributed by atoms with van der Waals surface area (Å²) in [5, 5.41) is 10.8. The summed E-state index contributed by atoms with van der Waals surface area (Å²) in [6.45, 7) is 4.67. The molecule has 18 heavy (non-hydrogen) atoms. The molecule has 2 rings (SSSR count). The Morgan fingerprint density at radius 1 is 1.50 bits per heavy atom. The third-order valence-electron chi connectivity index (χ3n) is 3.06. The van der Waals surface area contributed by atoms with Gasteiger partial charge in [0.1, 0.15) is 0 Å². The summed E-state index contributed by atoms with van der Waals surface area (Å²) in [4.78, 5) is 4.00. The van der Waals surface area contributed by atoms with Crippen LogP contribution in [-0.2, 0) is 6.54 Å². The monoisotopic (exact) mass is 263 g/mol. The van der Waals surface area contributed by atoms with Crippen LogP contribution in [0.5, 0.6) is 0 Å². The topological polar surface area (TPSA) is 23.5 Å². The van der Waals surface area contributed by atoms with Crippen molar-refractivity contribution >= 4 is 11.3 Å². The third-order valence-corrected chi connectivity index (χ3v) is 3.98. The van der Waals surface area contributed by atoms with E-state index in [2.05, 4.69) is 35.1 Å². The highest BCUT2D eigenvalue weighted by atomic mass is 32.1. The number of aliphatic hydroxyl groups is 1. The first-order valence-corrected chi connectivity index (χ1v) is 7.62. The molecule has 0 radical (unpaired) electrons. The summed E-state index contributed by atoms with van der Waals surface area (Å²) in [7, 11) is 0. The van der Waals surface area contributed by atoms with Crippen molar-refractivity contribution in [2.45, 2.75) is 45.2 Å². The van der Waals surface area contributed by atoms with Gasteiger partial charge in [0.2, 0.25) is 0 Å². The van der Waals surface area contributed by atoms with E-state index in [9.17, 15) is 0 Å². The van der Waals surface area contributed by atoms with Gasteiger partial charge in [-0.3, -0.25) is 4.90 Å². The van der Waals surface area contributed by atoms with Crippen molar-refractivity contribution in [2.24, 2.45) is 0 Å². The van der Waals surface area contributed by atoms with Crippen molar-refractivity contribution in [1.82, 2.24) is 4.90 Å². The molecule has 0 bridgehead atoms. The number of rotatable bonds is 6. The van der Waals surface area contributed by atoms with E-state index in [1.54, 1.807) is 11.3 Å². The lowest BCUT2D eigenvalue weighted by atomic mass is 10.3. The Morgan fingerprint density at radius 2 is 2.33 bits per heavy atom. The van der Waals surface area contributed by atoms with Gasteiger partial charge >= 0.3 is 0 Å². The van der Waals surface area contributed by atoms with Crippen LogP contribution in [0.1, 0.15) is 43.0 Å². The number of thiophene rings is 1. The highest BCUT2D eigenvalue weighted by Gasteiger charge is 2.28. The van der Waals surface area contributed by atoms with Crippen LogP contribution in [0.15, 0.2) is 11.4 Å². The second kappa shape index (κ2) is 6.94. The molecule has 3 heteroatoms. The Hall–Kier alpha value is -0.820. The Kier molecular flexibility index (Phi) is 5.25. The number of hydrogen-bond donors (Lipinski definition) is 1. The molecule has 1 aromatic heterocycles. The van der Waals surface area contributed by atoms with Gasteiger partial charge in [-0.05, 0) is 31.9 Å². The van der Waals surface area contributed by atoms with E-state index in [0.29, 0.717) is 6.42 Å². The molecular weight excluding hydrogens is 242 g/mol. The standard InChI is InChI=1S/C15H21NOS/c1-2-8-16(14-6-7-14)11-15-10-13(12-18-15)5-3-4-9-17/h10,12,14,17H,2,4,6-9,11H2,1H3. The van der Waals surface area contributed by atoms with Crippen molar-refractivity contribution < 1.29 is 5.11 Å². The van der Waals surface area contributed by atoms with Crippen LogP contribution < -0.4 is 0 Å².